The number of carbonyl (C=O) groups is 1. The number of amides is 1. The summed E-state index contributed by atoms with van der Waals surface area (Å²) in [6.07, 6.45) is 0.187. The van der Waals surface area contributed by atoms with Crippen LogP contribution in [0, 0.1) is 5.82 Å². The Morgan fingerprint density at radius 2 is 2.00 bits per heavy atom. The molecule has 114 valence electrons. The second-order valence-corrected chi connectivity index (χ2v) is 5.75. The highest BCUT2D eigenvalue weighted by Crippen LogP contribution is 2.24. The van der Waals surface area contributed by atoms with Crippen LogP contribution in [0.25, 0.3) is 0 Å². The van der Waals surface area contributed by atoms with E-state index >= 15 is 0 Å². The second-order valence-electron chi connectivity index (χ2n) is 5.31. The predicted molar refractivity (Wildman–Crippen MR) is 82.2 cm³/mol. The van der Waals surface area contributed by atoms with Gasteiger partial charge in [0.25, 0.3) is 5.91 Å². The molecule has 0 saturated heterocycles. The monoisotopic (exact) mass is 319 g/mol. The number of ether oxygens (including phenoxy) is 1. The molecular formula is C17H15ClFNO2. The Kier molecular flexibility index (Phi) is 4.14. The van der Waals surface area contributed by atoms with Gasteiger partial charge in [-0.05, 0) is 35.4 Å². The van der Waals surface area contributed by atoms with Crippen molar-refractivity contribution in [1.82, 2.24) is 4.90 Å². The summed E-state index contributed by atoms with van der Waals surface area (Å²) < 4.78 is 19.1. The molecule has 3 nitrogen and oxygen atoms in total. The number of likely N-dealkylation sites (N-methyl/N-ethyl adjacent to an activating group) is 1. The van der Waals surface area contributed by atoms with E-state index in [0.29, 0.717) is 23.6 Å². The average molecular weight is 320 g/mol. The average Bonchev–Trinajstić information content (AvgIpc) is 2.52. The van der Waals surface area contributed by atoms with Crippen molar-refractivity contribution in [3.63, 3.8) is 0 Å². The molecule has 0 fully saturated rings. The van der Waals surface area contributed by atoms with E-state index in [1.807, 2.05) is 12.1 Å². The Bertz CT molecular complexity index is 702. The quantitative estimate of drug-likeness (QED) is 0.864. The second kappa shape index (κ2) is 6.07. The van der Waals surface area contributed by atoms with E-state index in [1.165, 1.54) is 17.0 Å². The number of carbonyl (C=O) groups excluding carboxylic acids is 1. The summed E-state index contributed by atoms with van der Waals surface area (Å²) in [6.45, 7) is 0.385. The third-order valence-electron chi connectivity index (χ3n) is 3.80. The number of fused-ring (bicyclic) bond motifs is 1. The zero-order valence-electron chi connectivity index (χ0n) is 12.1. The van der Waals surface area contributed by atoms with E-state index in [2.05, 4.69) is 0 Å². The van der Waals surface area contributed by atoms with Crippen LogP contribution < -0.4 is 0 Å². The summed E-state index contributed by atoms with van der Waals surface area (Å²) in [5, 5.41) is 0.671. The highest BCUT2D eigenvalue weighted by Gasteiger charge is 2.30. The fourth-order valence-electron chi connectivity index (χ4n) is 2.52. The molecule has 1 amide bonds. The van der Waals surface area contributed by atoms with Crippen molar-refractivity contribution < 1.29 is 13.9 Å². The zero-order valence-corrected chi connectivity index (χ0v) is 12.8. The van der Waals surface area contributed by atoms with Crippen LogP contribution in [0.15, 0.2) is 42.5 Å². The van der Waals surface area contributed by atoms with Gasteiger partial charge < -0.3 is 9.64 Å². The Morgan fingerprint density at radius 1 is 1.27 bits per heavy atom. The zero-order chi connectivity index (χ0) is 15.7. The van der Waals surface area contributed by atoms with Crippen LogP contribution in [0.2, 0.25) is 5.02 Å². The van der Waals surface area contributed by atoms with E-state index in [4.69, 9.17) is 16.3 Å². The predicted octanol–water partition coefficient (Wildman–Crippen LogP) is 3.65. The highest BCUT2D eigenvalue weighted by atomic mass is 35.5. The highest BCUT2D eigenvalue weighted by molar-refractivity contribution is 6.30. The fourth-order valence-corrected chi connectivity index (χ4v) is 2.64. The number of nitrogens with zero attached hydrogens (tertiary/aromatic N) is 1. The maximum absolute atomic E-state index is 13.3. The van der Waals surface area contributed by atoms with Crippen LogP contribution in [0.1, 0.15) is 21.5 Å². The van der Waals surface area contributed by atoms with Gasteiger partial charge in [-0.3, -0.25) is 4.79 Å². The minimum absolute atomic E-state index is 0.221. The first kappa shape index (κ1) is 15.0. The third-order valence-corrected chi connectivity index (χ3v) is 4.06. The standard InChI is InChI=1S/C17H15ClFNO2/c1-20-16(22-10-11-2-5-13(18)6-3-11)8-12-4-7-14(19)9-15(12)17(20)21/h2-7,9,16H,8,10H2,1H3. The van der Waals surface area contributed by atoms with Gasteiger partial charge in [0.2, 0.25) is 0 Å². The fraction of sp³-hybridized carbons (Fsp3) is 0.235. The van der Waals surface area contributed by atoms with Crippen LogP contribution in [0.3, 0.4) is 0 Å². The molecule has 0 saturated carbocycles. The lowest BCUT2D eigenvalue weighted by molar-refractivity contribution is -0.0478. The molecule has 1 unspecified atom stereocenters. The topological polar surface area (TPSA) is 29.5 Å². The van der Waals surface area contributed by atoms with Gasteiger partial charge >= 0.3 is 0 Å². The number of rotatable bonds is 3. The van der Waals surface area contributed by atoms with Crippen molar-refractivity contribution >= 4 is 17.5 Å². The van der Waals surface area contributed by atoms with Crippen LogP contribution in [-0.4, -0.2) is 24.1 Å². The minimum Gasteiger partial charge on any atom is -0.353 e. The van der Waals surface area contributed by atoms with Gasteiger partial charge in [-0.1, -0.05) is 29.8 Å². The summed E-state index contributed by atoms with van der Waals surface area (Å²) in [5.41, 5.74) is 2.20. The molecule has 0 bridgehead atoms. The smallest absolute Gasteiger partial charge is 0.256 e. The molecule has 1 aliphatic rings. The first-order valence-electron chi connectivity index (χ1n) is 6.96. The molecule has 2 aromatic rings. The van der Waals surface area contributed by atoms with Gasteiger partial charge in [0.1, 0.15) is 12.0 Å². The van der Waals surface area contributed by atoms with Crippen LogP contribution in [-0.2, 0) is 17.8 Å². The maximum atomic E-state index is 13.3. The van der Waals surface area contributed by atoms with E-state index < -0.39 is 5.82 Å². The lowest BCUT2D eigenvalue weighted by Gasteiger charge is -2.33. The van der Waals surface area contributed by atoms with Gasteiger partial charge in [0.15, 0.2) is 0 Å². The first-order valence-corrected chi connectivity index (χ1v) is 7.34. The first-order chi connectivity index (χ1) is 10.5. The van der Waals surface area contributed by atoms with Crippen LogP contribution >= 0.6 is 11.6 Å². The lowest BCUT2D eigenvalue weighted by Crippen LogP contribution is -2.44. The lowest BCUT2D eigenvalue weighted by atomic mass is 9.98. The molecule has 22 heavy (non-hydrogen) atoms. The molecule has 0 spiro atoms. The van der Waals surface area contributed by atoms with Crippen LogP contribution in [0.5, 0.6) is 0 Å². The Morgan fingerprint density at radius 3 is 2.73 bits per heavy atom. The van der Waals surface area contributed by atoms with Crippen molar-refractivity contribution in [1.29, 1.82) is 0 Å². The SMILES string of the molecule is CN1C(=O)c2cc(F)ccc2CC1OCc1ccc(Cl)cc1. The van der Waals surface area contributed by atoms with Crippen molar-refractivity contribution in [3.05, 3.63) is 70.0 Å². The van der Waals surface area contributed by atoms with Gasteiger partial charge in [-0.2, -0.15) is 0 Å². The molecule has 0 aromatic heterocycles. The molecule has 0 radical (unpaired) electrons. The summed E-state index contributed by atoms with van der Waals surface area (Å²) >= 11 is 5.85. The molecule has 0 aliphatic carbocycles. The Labute approximate surface area is 133 Å². The normalized spacial score (nSPS) is 17.5. The van der Waals surface area contributed by atoms with Crippen molar-refractivity contribution in [2.45, 2.75) is 19.3 Å². The molecule has 1 heterocycles. The van der Waals surface area contributed by atoms with E-state index in [9.17, 15) is 9.18 Å². The van der Waals surface area contributed by atoms with E-state index in [1.54, 1.807) is 25.2 Å². The molecule has 1 atom stereocenters. The number of hydrogen-bond donors (Lipinski definition) is 0. The van der Waals surface area contributed by atoms with E-state index in [-0.39, 0.29) is 12.1 Å². The molecule has 0 N–H and O–H groups in total. The van der Waals surface area contributed by atoms with Crippen molar-refractivity contribution in [2.24, 2.45) is 0 Å². The van der Waals surface area contributed by atoms with Crippen molar-refractivity contribution in [2.75, 3.05) is 7.05 Å². The summed E-state index contributed by atoms with van der Waals surface area (Å²) in [7, 11) is 1.67. The Balaban J connectivity index is 1.74. The van der Waals surface area contributed by atoms with Gasteiger partial charge in [-0.15, -0.1) is 0 Å². The summed E-state index contributed by atoms with van der Waals surface area (Å²) in [5.74, 6) is -0.622. The number of hydrogen-bond acceptors (Lipinski definition) is 2. The molecule has 3 rings (SSSR count). The van der Waals surface area contributed by atoms with Crippen LogP contribution in [0.4, 0.5) is 4.39 Å². The van der Waals surface area contributed by atoms with Gasteiger partial charge in [0.05, 0.1) is 6.61 Å². The van der Waals surface area contributed by atoms with E-state index in [0.717, 1.165) is 11.1 Å². The number of benzene rings is 2. The summed E-state index contributed by atoms with van der Waals surface area (Å²) in [4.78, 5) is 13.8. The minimum atomic E-state index is -0.402. The largest absolute Gasteiger partial charge is 0.353 e. The molecular weight excluding hydrogens is 305 g/mol. The molecule has 2 aromatic carbocycles. The van der Waals surface area contributed by atoms with Gasteiger partial charge in [-0.25, -0.2) is 4.39 Å². The third kappa shape index (κ3) is 2.98. The summed E-state index contributed by atoms with van der Waals surface area (Å²) in [6, 6.07) is 11.7. The van der Waals surface area contributed by atoms with Gasteiger partial charge in [0, 0.05) is 24.1 Å². The van der Waals surface area contributed by atoms with Crippen molar-refractivity contribution in [3.8, 4) is 0 Å². The molecule has 1 aliphatic heterocycles. The number of halogens is 2. The Hall–Kier alpha value is -1.91. The molecule has 5 heteroatoms. The maximum Gasteiger partial charge on any atom is 0.256 e.